The van der Waals surface area contributed by atoms with E-state index in [1.165, 1.54) is 11.3 Å². The molecule has 4 heterocycles. The third-order valence-electron chi connectivity index (χ3n) is 6.23. The molecule has 3 aromatic heterocycles. The second-order valence-electron chi connectivity index (χ2n) is 8.43. The van der Waals surface area contributed by atoms with Gasteiger partial charge in [-0.1, -0.05) is 12.1 Å². The van der Waals surface area contributed by atoms with Crippen LogP contribution in [0.15, 0.2) is 54.9 Å². The third kappa shape index (κ3) is 4.14. The number of thiophene rings is 1. The summed E-state index contributed by atoms with van der Waals surface area (Å²) in [5.41, 5.74) is 9.17. The first-order valence-electron chi connectivity index (χ1n) is 11.3. The van der Waals surface area contributed by atoms with Gasteiger partial charge in [-0.25, -0.2) is 4.98 Å². The van der Waals surface area contributed by atoms with E-state index in [0.717, 1.165) is 35.9 Å². The Balaban J connectivity index is 1.44. The molecule has 0 spiro atoms. The molecule has 0 radical (unpaired) electrons. The molecular weight excluding hydrogens is 448 g/mol. The van der Waals surface area contributed by atoms with Crippen molar-refractivity contribution >= 4 is 39.1 Å². The zero-order valence-electron chi connectivity index (χ0n) is 18.9. The van der Waals surface area contributed by atoms with E-state index in [1.807, 2.05) is 58.2 Å². The molecule has 1 aliphatic rings. The summed E-state index contributed by atoms with van der Waals surface area (Å²) < 4.78 is 1.84. The first kappa shape index (κ1) is 22.1. The summed E-state index contributed by atoms with van der Waals surface area (Å²) >= 11 is 1.28. The number of aromatic nitrogens is 3. The van der Waals surface area contributed by atoms with Crippen molar-refractivity contribution in [2.24, 2.45) is 0 Å². The van der Waals surface area contributed by atoms with Crippen LogP contribution in [-0.4, -0.2) is 45.1 Å². The van der Waals surface area contributed by atoms with Gasteiger partial charge in [-0.15, -0.1) is 11.3 Å². The summed E-state index contributed by atoms with van der Waals surface area (Å²) in [6.07, 6.45) is 6.49. The molecule has 1 saturated heterocycles. The van der Waals surface area contributed by atoms with Gasteiger partial charge in [0, 0.05) is 36.9 Å². The maximum Gasteiger partial charge on any atom is 0.263 e. The average molecular weight is 475 g/mol. The Morgan fingerprint density at radius 3 is 2.88 bits per heavy atom. The normalized spacial score (nSPS) is 16.0. The minimum Gasteiger partial charge on any atom is -0.397 e. The fourth-order valence-corrected chi connectivity index (χ4v) is 5.56. The predicted octanol–water partition coefficient (Wildman–Crippen LogP) is 3.85. The Hall–Kier alpha value is -3.72. The van der Waals surface area contributed by atoms with E-state index in [2.05, 4.69) is 10.4 Å². The van der Waals surface area contributed by atoms with Crippen LogP contribution < -0.4 is 11.1 Å². The highest BCUT2D eigenvalue weighted by atomic mass is 32.1. The molecule has 0 unspecified atom stereocenters. The average Bonchev–Trinajstić information content (AvgIpc) is 3.50. The summed E-state index contributed by atoms with van der Waals surface area (Å²) in [6, 6.07) is 13.4. The zero-order chi connectivity index (χ0) is 23.7. The number of rotatable bonds is 5. The minimum absolute atomic E-state index is 0.00524. The number of anilines is 1. The smallest absolute Gasteiger partial charge is 0.263 e. The number of likely N-dealkylation sites (tertiary alicyclic amines) is 1. The number of benzene rings is 1. The van der Waals surface area contributed by atoms with E-state index < -0.39 is 0 Å². The Bertz CT molecular complexity index is 1350. The standard InChI is InChI=1S/C25H26N6O2S/c1-27-23(32)22-21(26)18-9-10-19(29-24(18)34-22)20-8-2-3-13-31(20)25(33)17-7-4-6-16(14-17)15-30-12-5-11-28-30/h4-7,9-12,14,20H,2-3,8,13,15,26H2,1H3,(H,27,32)/t20-/m1/s1. The van der Waals surface area contributed by atoms with Gasteiger partial charge >= 0.3 is 0 Å². The molecule has 8 nitrogen and oxygen atoms in total. The number of hydrogen-bond donors (Lipinski definition) is 2. The van der Waals surface area contributed by atoms with Crippen molar-refractivity contribution in [3.05, 3.63) is 76.6 Å². The van der Waals surface area contributed by atoms with E-state index in [-0.39, 0.29) is 17.9 Å². The quantitative estimate of drug-likeness (QED) is 0.457. The highest BCUT2D eigenvalue weighted by molar-refractivity contribution is 7.21. The molecule has 9 heteroatoms. The summed E-state index contributed by atoms with van der Waals surface area (Å²) in [6.45, 7) is 1.30. The van der Waals surface area contributed by atoms with Crippen molar-refractivity contribution in [1.82, 2.24) is 25.0 Å². The van der Waals surface area contributed by atoms with Crippen LogP contribution >= 0.6 is 11.3 Å². The number of nitrogens with two attached hydrogens (primary N) is 1. The number of fused-ring (bicyclic) bond motifs is 1. The SMILES string of the molecule is CNC(=O)c1sc2nc([C@H]3CCCCN3C(=O)c3cccc(Cn4cccn4)c3)ccc2c1N. The Labute approximate surface area is 201 Å². The first-order valence-corrected chi connectivity index (χ1v) is 12.1. The van der Waals surface area contributed by atoms with Gasteiger partial charge in [0.15, 0.2) is 0 Å². The fourth-order valence-electron chi connectivity index (χ4n) is 4.51. The molecule has 4 aromatic rings. The first-order chi connectivity index (χ1) is 16.5. The van der Waals surface area contributed by atoms with E-state index in [9.17, 15) is 9.59 Å². The molecule has 0 aliphatic carbocycles. The molecule has 1 aliphatic heterocycles. The van der Waals surface area contributed by atoms with Gasteiger partial charge in [-0.3, -0.25) is 14.3 Å². The number of piperidine rings is 1. The third-order valence-corrected chi connectivity index (χ3v) is 7.35. The number of nitrogen functional groups attached to an aromatic ring is 1. The molecule has 1 fully saturated rings. The van der Waals surface area contributed by atoms with Gasteiger partial charge in [0.25, 0.3) is 11.8 Å². The van der Waals surface area contributed by atoms with Crippen LogP contribution in [-0.2, 0) is 6.54 Å². The Morgan fingerprint density at radius 2 is 2.09 bits per heavy atom. The number of pyridine rings is 1. The minimum atomic E-state index is -0.216. The fraction of sp³-hybridized carbons (Fsp3) is 0.280. The highest BCUT2D eigenvalue weighted by Crippen LogP contribution is 2.36. The van der Waals surface area contributed by atoms with Gasteiger partial charge in [0.2, 0.25) is 0 Å². The van der Waals surface area contributed by atoms with Gasteiger partial charge in [-0.2, -0.15) is 5.10 Å². The number of carbonyl (C=O) groups is 2. The molecule has 2 amide bonds. The van der Waals surface area contributed by atoms with E-state index in [4.69, 9.17) is 10.7 Å². The maximum absolute atomic E-state index is 13.6. The Morgan fingerprint density at radius 1 is 1.21 bits per heavy atom. The molecule has 0 bridgehead atoms. The summed E-state index contributed by atoms with van der Waals surface area (Å²) in [4.78, 5) is 33.7. The van der Waals surface area contributed by atoms with Crippen molar-refractivity contribution in [3.8, 4) is 0 Å². The molecule has 1 atom stereocenters. The highest BCUT2D eigenvalue weighted by Gasteiger charge is 2.30. The lowest BCUT2D eigenvalue weighted by atomic mass is 9.97. The summed E-state index contributed by atoms with van der Waals surface area (Å²) in [5.74, 6) is -0.211. The molecule has 5 rings (SSSR count). The van der Waals surface area contributed by atoms with Gasteiger partial charge in [0.05, 0.1) is 24.0 Å². The van der Waals surface area contributed by atoms with Crippen LogP contribution in [0.25, 0.3) is 10.2 Å². The van der Waals surface area contributed by atoms with Gasteiger partial charge < -0.3 is 16.0 Å². The van der Waals surface area contributed by atoms with Crippen molar-refractivity contribution in [2.45, 2.75) is 31.8 Å². The number of amides is 2. The van der Waals surface area contributed by atoms with E-state index in [0.29, 0.717) is 34.0 Å². The second kappa shape index (κ2) is 9.26. The molecular formula is C25H26N6O2S. The van der Waals surface area contributed by atoms with Gasteiger partial charge in [0.1, 0.15) is 9.71 Å². The van der Waals surface area contributed by atoms with E-state index >= 15 is 0 Å². The monoisotopic (exact) mass is 474 g/mol. The van der Waals surface area contributed by atoms with Crippen LogP contribution in [0.4, 0.5) is 5.69 Å². The lowest BCUT2D eigenvalue weighted by Gasteiger charge is -2.35. The van der Waals surface area contributed by atoms with Crippen LogP contribution in [0.3, 0.4) is 0 Å². The molecule has 0 saturated carbocycles. The molecule has 1 aromatic carbocycles. The van der Waals surface area contributed by atoms with Crippen LogP contribution in [0.5, 0.6) is 0 Å². The van der Waals surface area contributed by atoms with Gasteiger partial charge in [-0.05, 0) is 55.2 Å². The van der Waals surface area contributed by atoms with Crippen molar-refractivity contribution in [2.75, 3.05) is 19.3 Å². The molecule has 174 valence electrons. The number of carbonyl (C=O) groups excluding carboxylic acids is 2. The molecule has 3 N–H and O–H groups in total. The number of nitrogens with one attached hydrogen (secondary N) is 1. The lowest BCUT2D eigenvalue weighted by molar-refractivity contribution is 0.0606. The number of hydrogen-bond acceptors (Lipinski definition) is 6. The summed E-state index contributed by atoms with van der Waals surface area (Å²) in [5, 5.41) is 7.65. The van der Waals surface area contributed by atoms with E-state index in [1.54, 1.807) is 13.2 Å². The van der Waals surface area contributed by atoms with Crippen LogP contribution in [0, 0.1) is 0 Å². The predicted molar refractivity (Wildman–Crippen MR) is 133 cm³/mol. The van der Waals surface area contributed by atoms with Crippen LogP contribution in [0.2, 0.25) is 0 Å². The number of nitrogens with zero attached hydrogens (tertiary/aromatic N) is 4. The molecule has 34 heavy (non-hydrogen) atoms. The Kier molecular flexibility index (Phi) is 6.02. The van der Waals surface area contributed by atoms with Crippen molar-refractivity contribution in [1.29, 1.82) is 0 Å². The van der Waals surface area contributed by atoms with Crippen LogP contribution in [0.1, 0.15) is 56.6 Å². The zero-order valence-corrected chi connectivity index (χ0v) is 19.7. The topological polar surface area (TPSA) is 106 Å². The summed E-state index contributed by atoms with van der Waals surface area (Å²) in [7, 11) is 1.58. The largest absolute Gasteiger partial charge is 0.397 e. The van der Waals surface area contributed by atoms with Crippen molar-refractivity contribution < 1.29 is 9.59 Å². The second-order valence-corrected chi connectivity index (χ2v) is 9.43. The maximum atomic E-state index is 13.6. The lowest BCUT2D eigenvalue weighted by Crippen LogP contribution is -2.38. The van der Waals surface area contributed by atoms with Crippen molar-refractivity contribution in [3.63, 3.8) is 0 Å².